The number of nitrogens with zero attached hydrogens (tertiary/aromatic N) is 3. The molecule has 9 heteroatoms. The van der Waals surface area contributed by atoms with Crippen LogP contribution in [0.5, 0.6) is 5.75 Å². The van der Waals surface area contributed by atoms with Crippen LogP contribution in [0.2, 0.25) is 0 Å². The van der Waals surface area contributed by atoms with Crippen molar-refractivity contribution in [2.45, 2.75) is 16.8 Å². The molecule has 0 saturated carbocycles. The molecule has 3 aromatic carbocycles. The second-order valence-electron chi connectivity index (χ2n) is 8.35. The number of sulfone groups is 1. The number of hydrogen-bond donors (Lipinski definition) is 0. The molecule has 0 unspecified atom stereocenters. The lowest BCUT2D eigenvalue weighted by Crippen LogP contribution is -2.46. The lowest BCUT2D eigenvalue weighted by atomic mass is 10.2. The zero-order valence-electron chi connectivity index (χ0n) is 19.8. The van der Waals surface area contributed by atoms with Crippen molar-refractivity contribution in [3.63, 3.8) is 0 Å². The molecular weight excluding hydrogens is 542 g/mol. The highest BCUT2D eigenvalue weighted by molar-refractivity contribution is 9.10. The maximum absolute atomic E-state index is 13.7. The smallest absolute Gasteiger partial charge is 0.236 e. The summed E-state index contributed by atoms with van der Waals surface area (Å²) in [7, 11) is -3.91. The second kappa shape index (κ2) is 10.4. The first-order valence-corrected chi connectivity index (χ1v) is 14.0. The van der Waals surface area contributed by atoms with E-state index in [9.17, 15) is 8.42 Å². The molecule has 0 amide bonds. The van der Waals surface area contributed by atoms with Gasteiger partial charge in [0.1, 0.15) is 5.75 Å². The standard InChI is InChI=1S/C27H26BrN3O4S/c1-2-34-23-12-8-20(9-13-23)25-29-26(36(32,33)24-14-10-21(28)11-15-24)27(35-25)31-18-16-30(17-19-31)22-6-4-3-5-7-22/h3-15H,2,16-19H2,1H3. The van der Waals surface area contributed by atoms with Crippen molar-refractivity contribution in [2.24, 2.45) is 0 Å². The number of halogens is 1. The van der Waals surface area contributed by atoms with Crippen LogP contribution in [0.15, 0.2) is 97.7 Å². The average molecular weight is 568 g/mol. The Kier molecular flexibility index (Phi) is 7.02. The zero-order chi connectivity index (χ0) is 25.1. The Morgan fingerprint density at radius 3 is 2.17 bits per heavy atom. The molecule has 0 atom stereocenters. The van der Waals surface area contributed by atoms with Gasteiger partial charge in [-0.25, -0.2) is 8.42 Å². The number of para-hydroxylation sites is 1. The minimum absolute atomic E-state index is 0.0677. The van der Waals surface area contributed by atoms with Crippen LogP contribution >= 0.6 is 15.9 Å². The van der Waals surface area contributed by atoms with Crippen molar-refractivity contribution in [3.05, 3.63) is 83.3 Å². The normalized spacial score (nSPS) is 14.2. The van der Waals surface area contributed by atoms with Crippen LogP contribution in [0, 0.1) is 0 Å². The predicted octanol–water partition coefficient (Wildman–Crippen LogP) is 5.66. The van der Waals surface area contributed by atoms with Gasteiger partial charge in [-0.3, -0.25) is 0 Å². The molecule has 4 aromatic rings. The van der Waals surface area contributed by atoms with Gasteiger partial charge in [-0.05, 0) is 67.6 Å². The minimum atomic E-state index is -3.91. The molecule has 0 radical (unpaired) electrons. The van der Waals surface area contributed by atoms with Gasteiger partial charge in [0.05, 0.1) is 11.5 Å². The third kappa shape index (κ3) is 4.99. The van der Waals surface area contributed by atoms with E-state index < -0.39 is 9.84 Å². The summed E-state index contributed by atoms with van der Waals surface area (Å²) in [5.41, 5.74) is 1.83. The maximum Gasteiger partial charge on any atom is 0.236 e. The highest BCUT2D eigenvalue weighted by Crippen LogP contribution is 2.36. The summed E-state index contributed by atoms with van der Waals surface area (Å²) in [6, 6.07) is 24.0. The molecule has 186 valence electrons. The van der Waals surface area contributed by atoms with Gasteiger partial charge >= 0.3 is 0 Å². The maximum atomic E-state index is 13.7. The Bertz CT molecular complexity index is 1410. The molecule has 0 bridgehead atoms. The number of ether oxygens (including phenoxy) is 1. The van der Waals surface area contributed by atoms with Crippen LogP contribution in [0.3, 0.4) is 0 Å². The second-order valence-corrected chi connectivity index (χ2v) is 11.1. The van der Waals surface area contributed by atoms with Crippen molar-refractivity contribution >= 4 is 37.3 Å². The molecule has 0 aliphatic carbocycles. The van der Waals surface area contributed by atoms with Crippen molar-refractivity contribution in [2.75, 3.05) is 42.6 Å². The largest absolute Gasteiger partial charge is 0.494 e. The molecule has 0 N–H and O–H groups in total. The van der Waals surface area contributed by atoms with E-state index in [1.807, 2.05) is 54.3 Å². The molecule has 1 saturated heterocycles. The topological polar surface area (TPSA) is 75.9 Å². The number of oxazole rings is 1. The van der Waals surface area contributed by atoms with E-state index in [1.165, 1.54) is 0 Å². The summed E-state index contributed by atoms with van der Waals surface area (Å²) in [6.45, 7) is 5.17. The third-order valence-electron chi connectivity index (χ3n) is 6.06. The number of piperazine rings is 1. The molecule has 1 fully saturated rings. The van der Waals surface area contributed by atoms with Gasteiger partial charge in [-0.15, -0.1) is 0 Å². The molecule has 1 aromatic heterocycles. The van der Waals surface area contributed by atoms with E-state index in [2.05, 4.69) is 37.9 Å². The van der Waals surface area contributed by atoms with Crippen molar-refractivity contribution < 1.29 is 17.6 Å². The van der Waals surface area contributed by atoms with E-state index in [1.54, 1.807) is 24.3 Å². The summed E-state index contributed by atoms with van der Waals surface area (Å²) >= 11 is 3.37. The lowest BCUT2D eigenvalue weighted by Gasteiger charge is -2.36. The first kappa shape index (κ1) is 24.4. The van der Waals surface area contributed by atoms with Crippen molar-refractivity contribution in [3.8, 4) is 17.2 Å². The fourth-order valence-electron chi connectivity index (χ4n) is 4.19. The molecule has 5 rings (SSSR count). The van der Waals surface area contributed by atoms with Gasteiger partial charge in [-0.2, -0.15) is 4.98 Å². The Balaban J connectivity index is 1.50. The van der Waals surface area contributed by atoms with Crippen LogP contribution in [0.1, 0.15) is 6.92 Å². The van der Waals surface area contributed by atoms with Crippen LogP contribution in [-0.4, -0.2) is 46.2 Å². The van der Waals surface area contributed by atoms with E-state index >= 15 is 0 Å². The van der Waals surface area contributed by atoms with Gasteiger partial charge in [0.2, 0.25) is 26.6 Å². The monoisotopic (exact) mass is 567 g/mol. The fraction of sp³-hybridized carbons (Fsp3) is 0.222. The fourth-order valence-corrected chi connectivity index (χ4v) is 5.77. The molecule has 1 aliphatic heterocycles. The van der Waals surface area contributed by atoms with Gasteiger partial charge in [0.25, 0.3) is 0 Å². The van der Waals surface area contributed by atoms with Gasteiger partial charge < -0.3 is 19.0 Å². The minimum Gasteiger partial charge on any atom is -0.494 e. The third-order valence-corrected chi connectivity index (χ3v) is 8.25. The number of hydrogen-bond acceptors (Lipinski definition) is 7. The van der Waals surface area contributed by atoms with Crippen LogP contribution in [0.25, 0.3) is 11.5 Å². The van der Waals surface area contributed by atoms with E-state index in [0.717, 1.165) is 29.0 Å². The first-order valence-electron chi connectivity index (χ1n) is 11.8. The SMILES string of the molecule is CCOc1ccc(-c2nc(S(=O)(=O)c3ccc(Br)cc3)c(N3CCN(c4ccccc4)CC3)o2)cc1. The average Bonchev–Trinajstić information content (AvgIpc) is 3.37. The number of benzene rings is 3. The predicted molar refractivity (Wildman–Crippen MR) is 144 cm³/mol. The summed E-state index contributed by atoms with van der Waals surface area (Å²) < 4.78 is 39.9. The molecule has 7 nitrogen and oxygen atoms in total. The van der Waals surface area contributed by atoms with E-state index in [-0.39, 0.29) is 21.7 Å². The van der Waals surface area contributed by atoms with Gasteiger partial charge in [0, 0.05) is 41.9 Å². The van der Waals surface area contributed by atoms with Crippen LogP contribution in [0.4, 0.5) is 11.6 Å². The van der Waals surface area contributed by atoms with Crippen LogP contribution in [-0.2, 0) is 9.84 Å². The van der Waals surface area contributed by atoms with Gasteiger partial charge in [-0.1, -0.05) is 34.1 Å². The number of rotatable bonds is 7. The Morgan fingerprint density at radius 2 is 1.53 bits per heavy atom. The van der Waals surface area contributed by atoms with Crippen molar-refractivity contribution in [1.82, 2.24) is 4.98 Å². The molecule has 36 heavy (non-hydrogen) atoms. The molecule has 0 spiro atoms. The Hall–Kier alpha value is -3.30. The quantitative estimate of drug-likeness (QED) is 0.285. The van der Waals surface area contributed by atoms with Crippen LogP contribution < -0.4 is 14.5 Å². The summed E-state index contributed by atoms with van der Waals surface area (Å²) in [6.07, 6.45) is 0. The van der Waals surface area contributed by atoms with E-state index in [4.69, 9.17) is 9.15 Å². The Labute approximate surface area is 219 Å². The summed E-state index contributed by atoms with van der Waals surface area (Å²) in [5, 5.41) is -0.0677. The highest BCUT2D eigenvalue weighted by Gasteiger charge is 2.33. The Morgan fingerprint density at radius 1 is 0.889 bits per heavy atom. The summed E-state index contributed by atoms with van der Waals surface area (Å²) in [5.74, 6) is 1.26. The summed E-state index contributed by atoms with van der Waals surface area (Å²) in [4.78, 5) is 8.93. The molecule has 1 aliphatic rings. The molecular formula is C27H26BrN3O4S. The number of aromatic nitrogens is 1. The zero-order valence-corrected chi connectivity index (χ0v) is 22.2. The first-order chi connectivity index (χ1) is 17.5. The van der Waals surface area contributed by atoms with E-state index in [0.29, 0.717) is 25.3 Å². The van der Waals surface area contributed by atoms with Crippen molar-refractivity contribution in [1.29, 1.82) is 0 Å². The highest BCUT2D eigenvalue weighted by atomic mass is 79.9. The number of anilines is 2. The van der Waals surface area contributed by atoms with Gasteiger partial charge in [0.15, 0.2) is 0 Å². The molecule has 2 heterocycles. The lowest BCUT2D eigenvalue weighted by molar-refractivity contribution is 0.340.